The molecule has 1 heterocycles. The molecule has 3 aromatic rings. The normalized spacial score (nSPS) is 9.89. The number of ether oxygens (including phenoxy) is 3. The number of methoxy groups -OCH3 is 3. The highest BCUT2D eigenvalue weighted by molar-refractivity contribution is 5.89. The highest BCUT2D eigenvalue weighted by atomic mass is 16.5. The van der Waals surface area contributed by atoms with Gasteiger partial charge in [0.25, 0.3) is 0 Å². The molecule has 0 aliphatic heterocycles. The van der Waals surface area contributed by atoms with Gasteiger partial charge in [0, 0.05) is 17.2 Å². The van der Waals surface area contributed by atoms with Crippen LogP contribution in [0.3, 0.4) is 0 Å². The first-order chi connectivity index (χ1) is 13.6. The maximum Gasteiger partial charge on any atom is 0.171 e. The van der Waals surface area contributed by atoms with E-state index in [0.29, 0.717) is 39.5 Å². The summed E-state index contributed by atoms with van der Waals surface area (Å²) in [7, 11) is 4.64. The van der Waals surface area contributed by atoms with Crippen LogP contribution in [-0.2, 0) is 0 Å². The zero-order valence-corrected chi connectivity index (χ0v) is 15.6. The van der Waals surface area contributed by atoms with Crippen molar-refractivity contribution in [1.29, 1.82) is 10.5 Å². The van der Waals surface area contributed by atoms with Crippen molar-refractivity contribution in [3.8, 4) is 51.6 Å². The van der Waals surface area contributed by atoms with Crippen molar-refractivity contribution in [3.05, 3.63) is 53.9 Å². The Hall–Kier alpha value is -4.10. The van der Waals surface area contributed by atoms with Crippen molar-refractivity contribution in [2.24, 2.45) is 0 Å². The Kier molecular flexibility index (Phi) is 5.38. The molecule has 0 bridgehead atoms. The Balaban J connectivity index is 2.41. The molecular formula is C21H16N4O3. The zero-order valence-electron chi connectivity index (χ0n) is 15.6. The topological polar surface area (TPSA) is 101 Å². The van der Waals surface area contributed by atoms with E-state index >= 15 is 0 Å². The summed E-state index contributed by atoms with van der Waals surface area (Å²) >= 11 is 0. The standard InChI is InChI=1S/C21H16N4O3/c1-26-15-6-4-5-13(7-15)20-18(11-22)24-25-19(12-23)21(20)14-8-16(27-2)10-17(9-14)28-3/h4-10H,1-3H3. The number of hydrogen-bond donors (Lipinski definition) is 0. The van der Waals surface area contributed by atoms with Gasteiger partial charge in [0.05, 0.1) is 21.3 Å². The van der Waals surface area contributed by atoms with Crippen LogP contribution in [0.4, 0.5) is 0 Å². The molecule has 0 atom stereocenters. The third-order valence-corrected chi connectivity index (χ3v) is 4.18. The highest BCUT2D eigenvalue weighted by Gasteiger charge is 2.21. The average molecular weight is 372 g/mol. The molecule has 0 unspecified atom stereocenters. The van der Waals surface area contributed by atoms with Gasteiger partial charge in [-0.3, -0.25) is 0 Å². The first-order valence-corrected chi connectivity index (χ1v) is 8.23. The summed E-state index contributed by atoms with van der Waals surface area (Å²) in [5.41, 5.74) is 2.45. The van der Waals surface area contributed by atoms with E-state index in [-0.39, 0.29) is 11.4 Å². The van der Waals surface area contributed by atoms with Gasteiger partial charge in [0.1, 0.15) is 29.4 Å². The lowest BCUT2D eigenvalue weighted by Gasteiger charge is -2.15. The fourth-order valence-electron chi connectivity index (χ4n) is 2.89. The molecule has 0 saturated heterocycles. The van der Waals surface area contributed by atoms with Crippen LogP contribution in [0, 0.1) is 22.7 Å². The second-order valence-electron chi connectivity index (χ2n) is 5.70. The van der Waals surface area contributed by atoms with Crippen LogP contribution in [0.15, 0.2) is 42.5 Å². The maximum absolute atomic E-state index is 9.65. The molecule has 0 radical (unpaired) electrons. The Labute approximate surface area is 162 Å². The minimum absolute atomic E-state index is 0.0899. The average Bonchev–Trinajstić information content (AvgIpc) is 2.77. The molecule has 1 aromatic heterocycles. The van der Waals surface area contributed by atoms with Gasteiger partial charge in [0.2, 0.25) is 0 Å². The van der Waals surface area contributed by atoms with E-state index in [1.54, 1.807) is 43.5 Å². The molecule has 0 fully saturated rings. The van der Waals surface area contributed by atoms with Gasteiger partial charge in [-0.2, -0.15) is 10.5 Å². The third-order valence-electron chi connectivity index (χ3n) is 4.18. The minimum atomic E-state index is 0.0899. The molecule has 7 heteroatoms. The molecule has 2 aromatic carbocycles. The predicted octanol–water partition coefficient (Wildman–Crippen LogP) is 3.58. The molecule has 3 rings (SSSR count). The van der Waals surface area contributed by atoms with Crippen molar-refractivity contribution < 1.29 is 14.2 Å². The van der Waals surface area contributed by atoms with Crippen molar-refractivity contribution in [2.75, 3.05) is 21.3 Å². The van der Waals surface area contributed by atoms with Gasteiger partial charge in [-0.05, 0) is 35.4 Å². The first kappa shape index (κ1) is 18.7. The van der Waals surface area contributed by atoms with E-state index < -0.39 is 0 Å². The molecule has 28 heavy (non-hydrogen) atoms. The number of aromatic nitrogens is 2. The van der Waals surface area contributed by atoms with E-state index in [4.69, 9.17) is 14.2 Å². The predicted molar refractivity (Wildman–Crippen MR) is 102 cm³/mol. The van der Waals surface area contributed by atoms with Gasteiger partial charge in [0.15, 0.2) is 11.4 Å². The largest absolute Gasteiger partial charge is 0.497 e. The summed E-state index contributed by atoms with van der Waals surface area (Å²) in [6, 6.07) is 16.6. The Bertz CT molecular complexity index is 1090. The van der Waals surface area contributed by atoms with E-state index in [0.717, 1.165) is 0 Å². The van der Waals surface area contributed by atoms with Crippen LogP contribution in [0.1, 0.15) is 11.4 Å². The fourth-order valence-corrected chi connectivity index (χ4v) is 2.89. The van der Waals surface area contributed by atoms with Gasteiger partial charge in [-0.25, -0.2) is 0 Å². The van der Waals surface area contributed by atoms with Crippen LogP contribution in [-0.4, -0.2) is 31.5 Å². The van der Waals surface area contributed by atoms with E-state index in [1.807, 2.05) is 6.07 Å². The Morgan fingerprint density at radius 2 is 1.18 bits per heavy atom. The molecule has 0 N–H and O–H groups in total. The molecule has 0 spiro atoms. The van der Waals surface area contributed by atoms with Crippen molar-refractivity contribution in [3.63, 3.8) is 0 Å². The molecule has 0 aliphatic carbocycles. The summed E-state index contributed by atoms with van der Waals surface area (Å²) in [4.78, 5) is 0. The molecule has 7 nitrogen and oxygen atoms in total. The molecule has 0 saturated carbocycles. The fraction of sp³-hybridized carbons (Fsp3) is 0.143. The summed E-state index contributed by atoms with van der Waals surface area (Å²) < 4.78 is 16.0. The van der Waals surface area contributed by atoms with E-state index in [2.05, 4.69) is 22.3 Å². The monoisotopic (exact) mass is 372 g/mol. The Morgan fingerprint density at radius 1 is 0.679 bits per heavy atom. The lowest BCUT2D eigenvalue weighted by atomic mass is 9.92. The summed E-state index contributed by atoms with van der Waals surface area (Å²) in [5.74, 6) is 1.71. The quantitative estimate of drug-likeness (QED) is 0.674. The lowest BCUT2D eigenvalue weighted by Crippen LogP contribution is -2.02. The molecule has 0 amide bonds. The number of hydrogen-bond acceptors (Lipinski definition) is 7. The van der Waals surface area contributed by atoms with Crippen molar-refractivity contribution in [1.82, 2.24) is 10.2 Å². The number of nitriles is 2. The third kappa shape index (κ3) is 3.42. The van der Waals surface area contributed by atoms with E-state index in [1.165, 1.54) is 14.2 Å². The molecule has 0 aliphatic rings. The second-order valence-corrected chi connectivity index (χ2v) is 5.70. The van der Waals surface area contributed by atoms with Crippen LogP contribution >= 0.6 is 0 Å². The second kappa shape index (κ2) is 8.07. The van der Waals surface area contributed by atoms with Gasteiger partial charge in [-0.15, -0.1) is 10.2 Å². The Morgan fingerprint density at radius 3 is 1.68 bits per heavy atom. The number of rotatable bonds is 5. The van der Waals surface area contributed by atoms with Crippen molar-refractivity contribution >= 4 is 0 Å². The minimum Gasteiger partial charge on any atom is -0.497 e. The van der Waals surface area contributed by atoms with Crippen LogP contribution in [0.2, 0.25) is 0 Å². The number of benzene rings is 2. The van der Waals surface area contributed by atoms with Gasteiger partial charge in [-0.1, -0.05) is 12.1 Å². The number of nitrogens with zero attached hydrogens (tertiary/aromatic N) is 4. The summed E-state index contributed by atoms with van der Waals surface area (Å²) in [5, 5.41) is 27.1. The van der Waals surface area contributed by atoms with Gasteiger partial charge < -0.3 is 14.2 Å². The smallest absolute Gasteiger partial charge is 0.171 e. The summed E-state index contributed by atoms with van der Waals surface area (Å²) in [6.07, 6.45) is 0. The van der Waals surface area contributed by atoms with Crippen LogP contribution in [0.5, 0.6) is 17.2 Å². The lowest BCUT2D eigenvalue weighted by molar-refractivity contribution is 0.394. The molecular weight excluding hydrogens is 356 g/mol. The highest BCUT2D eigenvalue weighted by Crippen LogP contribution is 2.39. The van der Waals surface area contributed by atoms with Crippen LogP contribution in [0.25, 0.3) is 22.3 Å². The van der Waals surface area contributed by atoms with Crippen LogP contribution < -0.4 is 14.2 Å². The SMILES string of the molecule is COc1cccc(-c2c(C#N)nnc(C#N)c2-c2cc(OC)cc(OC)c2)c1. The maximum atomic E-state index is 9.65. The zero-order chi connectivity index (χ0) is 20.1. The van der Waals surface area contributed by atoms with Gasteiger partial charge >= 0.3 is 0 Å². The van der Waals surface area contributed by atoms with E-state index in [9.17, 15) is 10.5 Å². The van der Waals surface area contributed by atoms with Crippen molar-refractivity contribution in [2.45, 2.75) is 0 Å². The summed E-state index contributed by atoms with van der Waals surface area (Å²) in [6.45, 7) is 0. The molecule has 138 valence electrons. The first-order valence-electron chi connectivity index (χ1n) is 8.23.